The zero-order valence-electron chi connectivity index (χ0n) is 11.5. The van der Waals surface area contributed by atoms with E-state index < -0.39 is 0 Å². The Morgan fingerprint density at radius 3 is 2.63 bits per heavy atom. The summed E-state index contributed by atoms with van der Waals surface area (Å²) in [6.07, 6.45) is 1.68. The largest absolute Gasteiger partial charge is 0.497 e. The Bertz CT molecular complexity index is 508. The summed E-state index contributed by atoms with van der Waals surface area (Å²) < 4.78 is 16.2. The quantitative estimate of drug-likeness (QED) is 0.868. The fourth-order valence-electron chi connectivity index (χ4n) is 2.08. The van der Waals surface area contributed by atoms with Gasteiger partial charge in [0.2, 0.25) is 0 Å². The molecule has 0 radical (unpaired) electrons. The van der Waals surface area contributed by atoms with Gasteiger partial charge in [-0.2, -0.15) is 0 Å². The molecule has 1 N–H and O–H groups in total. The third-order valence-corrected chi connectivity index (χ3v) is 2.99. The number of furan rings is 1. The van der Waals surface area contributed by atoms with E-state index in [0.717, 1.165) is 29.4 Å². The maximum Gasteiger partial charge on any atom is 0.127 e. The van der Waals surface area contributed by atoms with Crippen molar-refractivity contribution in [2.24, 2.45) is 0 Å². The molecule has 0 aliphatic rings. The molecule has 0 fully saturated rings. The van der Waals surface area contributed by atoms with Crippen LogP contribution >= 0.6 is 0 Å². The monoisotopic (exact) mass is 261 g/mol. The SMILES string of the molecule is CCNC(c1ccco1)c1ccc(OC)cc1OC. The Morgan fingerprint density at radius 1 is 1.21 bits per heavy atom. The van der Waals surface area contributed by atoms with Crippen molar-refractivity contribution in [1.82, 2.24) is 5.32 Å². The molecule has 0 aliphatic heterocycles. The van der Waals surface area contributed by atoms with Crippen LogP contribution in [-0.2, 0) is 0 Å². The molecule has 0 bridgehead atoms. The van der Waals surface area contributed by atoms with Crippen LogP contribution in [0.1, 0.15) is 24.3 Å². The minimum atomic E-state index is -0.0270. The zero-order chi connectivity index (χ0) is 13.7. The highest BCUT2D eigenvalue weighted by Gasteiger charge is 2.20. The first kappa shape index (κ1) is 13.5. The van der Waals surface area contributed by atoms with Gasteiger partial charge in [-0.1, -0.05) is 6.92 Å². The molecule has 0 saturated carbocycles. The third kappa shape index (κ3) is 2.90. The Hall–Kier alpha value is -1.94. The lowest BCUT2D eigenvalue weighted by atomic mass is 10.0. The van der Waals surface area contributed by atoms with Gasteiger partial charge in [0.05, 0.1) is 26.5 Å². The van der Waals surface area contributed by atoms with Crippen LogP contribution in [0, 0.1) is 0 Å². The number of ether oxygens (including phenoxy) is 2. The molecule has 0 aliphatic carbocycles. The molecule has 4 heteroatoms. The summed E-state index contributed by atoms with van der Waals surface area (Å²) in [7, 11) is 3.30. The van der Waals surface area contributed by atoms with Crippen molar-refractivity contribution in [3.63, 3.8) is 0 Å². The van der Waals surface area contributed by atoms with E-state index in [1.165, 1.54) is 0 Å². The summed E-state index contributed by atoms with van der Waals surface area (Å²) in [6.45, 7) is 2.90. The van der Waals surface area contributed by atoms with Gasteiger partial charge in [0.1, 0.15) is 17.3 Å². The maximum absolute atomic E-state index is 5.51. The van der Waals surface area contributed by atoms with E-state index in [1.807, 2.05) is 30.3 Å². The third-order valence-electron chi connectivity index (χ3n) is 2.99. The predicted molar refractivity (Wildman–Crippen MR) is 73.8 cm³/mol. The second-order valence-corrected chi connectivity index (χ2v) is 4.11. The maximum atomic E-state index is 5.51. The molecule has 19 heavy (non-hydrogen) atoms. The summed E-state index contributed by atoms with van der Waals surface area (Å²) in [4.78, 5) is 0. The highest BCUT2D eigenvalue weighted by molar-refractivity contribution is 5.44. The van der Waals surface area contributed by atoms with Crippen molar-refractivity contribution >= 4 is 0 Å². The summed E-state index contributed by atoms with van der Waals surface area (Å²) >= 11 is 0. The van der Waals surface area contributed by atoms with Crippen LogP contribution in [0.2, 0.25) is 0 Å². The first-order valence-electron chi connectivity index (χ1n) is 6.28. The minimum Gasteiger partial charge on any atom is -0.497 e. The van der Waals surface area contributed by atoms with Gasteiger partial charge in [-0.3, -0.25) is 0 Å². The molecule has 1 aromatic heterocycles. The van der Waals surface area contributed by atoms with Crippen LogP contribution in [0.15, 0.2) is 41.0 Å². The highest BCUT2D eigenvalue weighted by Crippen LogP contribution is 2.33. The summed E-state index contributed by atoms with van der Waals surface area (Å²) in [5, 5.41) is 3.40. The molecule has 1 heterocycles. The van der Waals surface area contributed by atoms with Crippen LogP contribution in [0.4, 0.5) is 0 Å². The van der Waals surface area contributed by atoms with Gasteiger partial charge in [0.25, 0.3) is 0 Å². The van der Waals surface area contributed by atoms with E-state index in [-0.39, 0.29) is 6.04 Å². The van der Waals surface area contributed by atoms with Gasteiger partial charge in [0.15, 0.2) is 0 Å². The first-order valence-corrected chi connectivity index (χ1v) is 6.28. The molecule has 4 nitrogen and oxygen atoms in total. The highest BCUT2D eigenvalue weighted by atomic mass is 16.5. The van der Waals surface area contributed by atoms with Crippen LogP contribution in [-0.4, -0.2) is 20.8 Å². The molecule has 2 aromatic rings. The molecule has 1 atom stereocenters. The summed E-state index contributed by atoms with van der Waals surface area (Å²) in [5.74, 6) is 2.42. The Kier molecular flexibility index (Phi) is 4.47. The van der Waals surface area contributed by atoms with E-state index in [0.29, 0.717) is 0 Å². The fourth-order valence-corrected chi connectivity index (χ4v) is 2.08. The van der Waals surface area contributed by atoms with Gasteiger partial charge < -0.3 is 19.2 Å². The van der Waals surface area contributed by atoms with Crippen LogP contribution < -0.4 is 14.8 Å². The van der Waals surface area contributed by atoms with Crippen molar-refractivity contribution < 1.29 is 13.9 Å². The van der Waals surface area contributed by atoms with Crippen molar-refractivity contribution in [2.45, 2.75) is 13.0 Å². The standard InChI is InChI=1S/C15H19NO3/c1-4-16-15(13-6-5-9-19-13)12-8-7-11(17-2)10-14(12)18-3/h5-10,15-16H,4H2,1-3H3. The molecule has 1 aromatic carbocycles. The Balaban J connectivity index is 2.41. The molecule has 1 unspecified atom stereocenters. The number of benzene rings is 1. The fraction of sp³-hybridized carbons (Fsp3) is 0.333. The lowest BCUT2D eigenvalue weighted by molar-refractivity contribution is 0.381. The van der Waals surface area contributed by atoms with Gasteiger partial charge in [-0.25, -0.2) is 0 Å². The van der Waals surface area contributed by atoms with E-state index in [9.17, 15) is 0 Å². The van der Waals surface area contributed by atoms with Gasteiger partial charge in [-0.15, -0.1) is 0 Å². The van der Waals surface area contributed by atoms with Crippen molar-refractivity contribution in [3.05, 3.63) is 47.9 Å². The van der Waals surface area contributed by atoms with Gasteiger partial charge >= 0.3 is 0 Å². The molecule has 102 valence electrons. The van der Waals surface area contributed by atoms with Crippen molar-refractivity contribution in [3.8, 4) is 11.5 Å². The number of hydrogen-bond donors (Lipinski definition) is 1. The molecule has 0 saturated heterocycles. The van der Waals surface area contributed by atoms with Gasteiger partial charge in [0, 0.05) is 11.6 Å². The number of methoxy groups -OCH3 is 2. The Labute approximate surface area is 113 Å². The second-order valence-electron chi connectivity index (χ2n) is 4.11. The van der Waals surface area contributed by atoms with E-state index in [4.69, 9.17) is 13.9 Å². The summed E-state index contributed by atoms with van der Waals surface area (Å²) in [5.41, 5.74) is 1.03. The van der Waals surface area contributed by atoms with Crippen LogP contribution in [0.5, 0.6) is 11.5 Å². The average molecular weight is 261 g/mol. The average Bonchev–Trinajstić information content (AvgIpc) is 2.98. The number of nitrogens with one attached hydrogen (secondary N) is 1. The molecular formula is C15H19NO3. The van der Waals surface area contributed by atoms with Crippen molar-refractivity contribution in [1.29, 1.82) is 0 Å². The van der Waals surface area contributed by atoms with Crippen LogP contribution in [0.3, 0.4) is 0 Å². The first-order chi connectivity index (χ1) is 9.30. The van der Waals surface area contributed by atoms with E-state index >= 15 is 0 Å². The second kappa shape index (κ2) is 6.29. The topological polar surface area (TPSA) is 43.6 Å². The summed E-state index contributed by atoms with van der Waals surface area (Å²) in [6, 6.07) is 9.61. The van der Waals surface area contributed by atoms with E-state index in [2.05, 4.69) is 12.2 Å². The Morgan fingerprint density at radius 2 is 2.05 bits per heavy atom. The molecular weight excluding hydrogens is 242 g/mol. The molecule has 2 rings (SSSR count). The molecule has 0 spiro atoms. The minimum absolute atomic E-state index is 0.0270. The van der Waals surface area contributed by atoms with Crippen LogP contribution in [0.25, 0.3) is 0 Å². The smallest absolute Gasteiger partial charge is 0.127 e. The number of rotatable bonds is 6. The normalized spacial score (nSPS) is 12.2. The van der Waals surface area contributed by atoms with Crippen molar-refractivity contribution in [2.75, 3.05) is 20.8 Å². The number of hydrogen-bond acceptors (Lipinski definition) is 4. The lowest BCUT2D eigenvalue weighted by Crippen LogP contribution is -2.22. The molecule has 0 amide bonds. The predicted octanol–water partition coefficient (Wildman–Crippen LogP) is 3.00. The van der Waals surface area contributed by atoms with E-state index in [1.54, 1.807) is 20.5 Å². The van der Waals surface area contributed by atoms with Gasteiger partial charge in [-0.05, 0) is 30.8 Å². The zero-order valence-corrected chi connectivity index (χ0v) is 11.5. The lowest BCUT2D eigenvalue weighted by Gasteiger charge is -2.19.